The predicted molar refractivity (Wildman–Crippen MR) is 132 cm³/mol. The molecule has 0 aromatic heterocycles. The van der Waals surface area contributed by atoms with E-state index < -0.39 is 23.5 Å². The van der Waals surface area contributed by atoms with Crippen LogP contribution in [0.1, 0.15) is 37.9 Å². The Morgan fingerprint density at radius 1 is 1.09 bits per heavy atom. The Balaban J connectivity index is 2.16. The number of aliphatic hydroxyl groups is 1. The van der Waals surface area contributed by atoms with Gasteiger partial charge in [-0.05, 0) is 44.5 Å². The highest BCUT2D eigenvalue weighted by Gasteiger charge is 2.46. The number of halogens is 1. The lowest BCUT2D eigenvalue weighted by Crippen LogP contribution is -2.33. The van der Waals surface area contributed by atoms with Gasteiger partial charge in [0.15, 0.2) is 0 Å². The molecule has 0 bridgehead atoms. The Morgan fingerprint density at radius 2 is 1.74 bits per heavy atom. The Hall–Kier alpha value is -3.23. The molecular formula is C26H30ClNO7. The zero-order valence-corrected chi connectivity index (χ0v) is 21.2. The number of methoxy groups -OCH3 is 2. The largest absolute Gasteiger partial charge is 0.507 e. The second-order valence-corrected chi connectivity index (χ2v) is 8.51. The molecule has 1 atom stereocenters. The summed E-state index contributed by atoms with van der Waals surface area (Å²) in [6, 6.07) is 9.16. The highest BCUT2D eigenvalue weighted by atomic mass is 35.5. The molecule has 35 heavy (non-hydrogen) atoms. The number of hydrogen-bond acceptors (Lipinski definition) is 7. The summed E-state index contributed by atoms with van der Waals surface area (Å²) < 4.78 is 21.8. The summed E-state index contributed by atoms with van der Waals surface area (Å²) in [5.74, 6) is -0.690. The maximum Gasteiger partial charge on any atom is 0.295 e. The number of ether oxygens (including phenoxy) is 4. The van der Waals surface area contributed by atoms with E-state index in [1.165, 1.54) is 31.3 Å². The van der Waals surface area contributed by atoms with Crippen molar-refractivity contribution < 1.29 is 33.6 Å². The van der Waals surface area contributed by atoms with Crippen molar-refractivity contribution in [3.63, 3.8) is 0 Å². The molecule has 1 aliphatic rings. The van der Waals surface area contributed by atoms with Crippen molar-refractivity contribution in [2.75, 3.05) is 34.0 Å². The number of benzene rings is 2. The lowest BCUT2D eigenvalue weighted by atomic mass is 9.95. The molecule has 9 heteroatoms. The number of carbonyl (C=O) groups excluding carboxylic acids is 2. The zero-order chi connectivity index (χ0) is 25.7. The number of amides is 1. The first-order chi connectivity index (χ1) is 16.7. The minimum atomic E-state index is -0.841. The lowest BCUT2D eigenvalue weighted by molar-refractivity contribution is -0.140. The summed E-state index contributed by atoms with van der Waals surface area (Å²) in [6.45, 7) is 6.55. The Bertz CT molecular complexity index is 1110. The van der Waals surface area contributed by atoms with Crippen molar-refractivity contribution in [3.8, 4) is 17.2 Å². The Labute approximate surface area is 210 Å². The normalized spacial score (nSPS) is 17.2. The third-order valence-corrected chi connectivity index (χ3v) is 5.85. The van der Waals surface area contributed by atoms with E-state index in [4.69, 9.17) is 30.5 Å². The number of likely N-dealkylation sites (tertiary alicyclic amines) is 1. The summed E-state index contributed by atoms with van der Waals surface area (Å²) >= 11 is 6.29. The number of Topliss-reactive ketones (excluding diaryl/α,β-unsaturated/α-hetero) is 1. The first kappa shape index (κ1) is 26.4. The summed E-state index contributed by atoms with van der Waals surface area (Å²) in [5, 5.41) is 11.6. The van der Waals surface area contributed by atoms with Crippen LogP contribution in [-0.2, 0) is 14.3 Å². The molecule has 1 aliphatic heterocycles. The van der Waals surface area contributed by atoms with E-state index in [9.17, 15) is 14.7 Å². The van der Waals surface area contributed by atoms with E-state index in [0.29, 0.717) is 23.7 Å². The van der Waals surface area contributed by atoms with Gasteiger partial charge in [0.2, 0.25) is 0 Å². The number of carbonyl (C=O) groups is 2. The molecule has 2 aromatic carbocycles. The van der Waals surface area contributed by atoms with E-state index in [-0.39, 0.29) is 41.2 Å². The second kappa shape index (κ2) is 11.5. The molecular weight excluding hydrogens is 474 g/mol. The third-order valence-electron chi connectivity index (χ3n) is 5.56. The van der Waals surface area contributed by atoms with Crippen LogP contribution in [0.25, 0.3) is 5.76 Å². The summed E-state index contributed by atoms with van der Waals surface area (Å²) in [6.07, 6.45) is -0.0403. The van der Waals surface area contributed by atoms with Crippen LogP contribution in [0.5, 0.6) is 17.2 Å². The first-order valence-electron chi connectivity index (χ1n) is 11.3. The third kappa shape index (κ3) is 5.55. The van der Waals surface area contributed by atoms with Gasteiger partial charge in [-0.2, -0.15) is 0 Å². The smallest absolute Gasteiger partial charge is 0.295 e. The quantitative estimate of drug-likeness (QED) is 0.287. The number of ketones is 1. The molecule has 1 N–H and O–H groups in total. The summed E-state index contributed by atoms with van der Waals surface area (Å²) in [4.78, 5) is 27.7. The standard InChI is InChI=1S/C26H30ClNO7/c1-6-34-17-9-7-16(8-10-17)23-22(25(30)26(31)28(23)11-12-35-15(2)3)24(29)18-13-19(27)21(33-5)14-20(18)32-4/h7-10,13-15,23,29H,6,11-12H2,1-5H3/b24-22+. The molecule has 3 rings (SSSR count). The average molecular weight is 504 g/mol. The average Bonchev–Trinajstić information content (AvgIpc) is 3.09. The predicted octanol–water partition coefficient (Wildman–Crippen LogP) is 4.60. The van der Waals surface area contributed by atoms with Crippen LogP contribution < -0.4 is 14.2 Å². The van der Waals surface area contributed by atoms with Crippen molar-refractivity contribution in [2.24, 2.45) is 0 Å². The molecule has 0 aliphatic carbocycles. The van der Waals surface area contributed by atoms with E-state index in [2.05, 4.69) is 0 Å². The van der Waals surface area contributed by atoms with Gasteiger partial charge in [0.25, 0.3) is 11.7 Å². The van der Waals surface area contributed by atoms with Crippen LogP contribution in [0.3, 0.4) is 0 Å². The molecule has 0 radical (unpaired) electrons. The molecule has 0 spiro atoms. The number of rotatable bonds is 10. The molecule has 2 aromatic rings. The highest BCUT2D eigenvalue weighted by molar-refractivity contribution is 6.46. The maximum absolute atomic E-state index is 13.2. The maximum atomic E-state index is 13.2. The number of hydrogen-bond donors (Lipinski definition) is 1. The molecule has 1 saturated heterocycles. The van der Waals surface area contributed by atoms with Gasteiger partial charge in [-0.15, -0.1) is 0 Å². The van der Waals surface area contributed by atoms with Crippen molar-refractivity contribution >= 4 is 29.1 Å². The number of aliphatic hydroxyl groups excluding tert-OH is 1. The summed E-state index contributed by atoms with van der Waals surface area (Å²) in [7, 11) is 2.88. The highest BCUT2D eigenvalue weighted by Crippen LogP contribution is 2.43. The zero-order valence-electron chi connectivity index (χ0n) is 20.5. The molecule has 1 unspecified atom stereocenters. The van der Waals surface area contributed by atoms with Gasteiger partial charge in [-0.25, -0.2) is 0 Å². The second-order valence-electron chi connectivity index (χ2n) is 8.10. The van der Waals surface area contributed by atoms with Crippen molar-refractivity contribution in [3.05, 3.63) is 58.1 Å². The van der Waals surface area contributed by atoms with E-state index >= 15 is 0 Å². The van der Waals surface area contributed by atoms with Crippen LogP contribution in [0.15, 0.2) is 42.0 Å². The van der Waals surface area contributed by atoms with Crippen molar-refractivity contribution in [1.29, 1.82) is 0 Å². The van der Waals surface area contributed by atoms with E-state index in [1.54, 1.807) is 24.3 Å². The van der Waals surface area contributed by atoms with Crippen molar-refractivity contribution in [2.45, 2.75) is 32.9 Å². The fourth-order valence-electron chi connectivity index (χ4n) is 3.95. The van der Waals surface area contributed by atoms with Crippen molar-refractivity contribution in [1.82, 2.24) is 4.90 Å². The minimum absolute atomic E-state index is 0.0403. The monoisotopic (exact) mass is 503 g/mol. The first-order valence-corrected chi connectivity index (χ1v) is 11.7. The van der Waals surface area contributed by atoms with E-state index in [1.807, 2.05) is 20.8 Å². The Morgan fingerprint density at radius 3 is 2.31 bits per heavy atom. The summed E-state index contributed by atoms with van der Waals surface area (Å²) in [5.41, 5.74) is 0.742. The van der Waals surface area contributed by atoms with Gasteiger partial charge in [-0.1, -0.05) is 23.7 Å². The van der Waals surface area contributed by atoms with Gasteiger partial charge in [-0.3, -0.25) is 9.59 Å². The molecule has 1 heterocycles. The fraction of sp³-hybridized carbons (Fsp3) is 0.385. The van der Waals surface area contributed by atoms with Crippen LogP contribution in [-0.4, -0.2) is 61.8 Å². The van der Waals surface area contributed by atoms with Crippen LogP contribution in [0, 0.1) is 0 Å². The van der Waals surface area contributed by atoms with Gasteiger partial charge < -0.3 is 29.0 Å². The molecule has 0 saturated carbocycles. The SMILES string of the molecule is CCOc1ccc(C2/C(=C(\O)c3cc(Cl)c(OC)cc3OC)C(=O)C(=O)N2CCOC(C)C)cc1. The minimum Gasteiger partial charge on any atom is -0.507 e. The lowest BCUT2D eigenvalue weighted by Gasteiger charge is -2.26. The molecule has 8 nitrogen and oxygen atoms in total. The fourth-order valence-corrected chi connectivity index (χ4v) is 4.19. The molecule has 1 fully saturated rings. The Kier molecular flexibility index (Phi) is 8.64. The van der Waals surface area contributed by atoms with Gasteiger partial charge in [0, 0.05) is 12.6 Å². The van der Waals surface area contributed by atoms with Crippen LogP contribution in [0.2, 0.25) is 5.02 Å². The van der Waals surface area contributed by atoms with Crippen LogP contribution in [0.4, 0.5) is 0 Å². The van der Waals surface area contributed by atoms with E-state index in [0.717, 1.165) is 0 Å². The number of nitrogens with zero attached hydrogens (tertiary/aromatic N) is 1. The molecule has 188 valence electrons. The van der Waals surface area contributed by atoms with Crippen LogP contribution >= 0.6 is 11.6 Å². The van der Waals surface area contributed by atoms with Gasteiger partial charge in [0.1, 0.15) is 23.0 Å². The molecule has 1 amide bonds. The van der Waals surface area contributed by atoms with Gasteiger partial charge in [0.05, 0.1) is 55.7 Å². The van der Waals surface area contributed by atoms with Gasteiger partial charge >= 0.3 is 0 Å². The topological polar surface area (TPSA) is 94.5 Å².